The SMILES string of the molecule is CCCC(C1CC=CCC1)(C1CC=CCC1)C1CCC(O)CC1. The largest absolute Gasteiger partial charge is 0.393 e. The van der Waals surface area contributed by atoms with E-state index >= 15 is 0 Å². The molecule has 0 bridgehead atoms. The Bertz CT molecular complexity index is 390. The summed E-state index contributed by atoms with van der Waals surface area (Å²) in [6, 6.07) is 0. The van der Waals surface area contributed by atoms with Crippen molar-refractivity contribution >= 4 is 0 Å². The second-order valence-electron chi connectivity index (χ2n) is 8.33. The zero-order chi connectivity index (χ0) is 16.1. The lowest BCUT2D eigenvalue weighted by Crippen LogP contribution is -2.47. The molecule has 3 aliphatic carbocycles. The molecule has 23 heavy (non-hydrogen) atoms. The van der Waals surface area contributed by atoms with Gasteiger partial charge < -0.3 is 5.11 Å². The number of aliphatic hydroxyl groups excluding tert-OH is 1. The fourth-order valence-corrected chi connectivity index (χ4v) is 6.22. The van der Waals surface area contributed by atoms with E-state index in [1.165, 1.54) is 64.2 Å². The maximum Gasteiger partial charge on any atom is 0.0540 e. The first kappa shape index (κ1) is 17.3. The fourth-order valence-electron chi connectivity index (χ4n) is 6.22. The van der Waals surface area contributed by atoms with Crippen molar-refractivity contribution in [2.24, 2.45) is 23.2 Å². The fraction of sp³-hybridized carbons (Fsp3) is 0.818. The molecule has 0 heterocycles. The smallest absolute Gasteiger partial charge is 0.0540 e. The first-order valence-corrected chi connectivity index (χ1v) is 10.3. The predicted molar refractivity (Wildman–Crippen MR) is 98.3 cm³/mol. The summed E-state index contributed by atoms with van der Waals surface area (Å²) in [4.78, 5) is 0. The highest BCUT2D eigenvalue weighted by Crippen LogP contribution is 2.57. The molecule has 0 saturated heterocycles. The van der Waals surface area contributed by atoms with E-state index in [0.717, 1.165) is 30.6 Å². The van der Waals surface area contributed by atoms with Crippen LogP contribution in [0.3, 0.4) is 0 Å². The monoisotopic (exact) mass is 316 g/mol. The van der Waals surface area contributed by atoms with Gasteiger partial charge in [-0.3, -0.25) is 0 Å². The first-order valence-electron chi connectivity index (χ1n) is 10.3. The van der Waals surface area contributed by atoms with E-state index in [-0.39, 0.29) is 6.10 Å². The average Bonchev–Trinajstić information content (AvgIpc) is 2.62. The van der Waals surface area contributed by atoms with Gasteiger partial charge in [0.25, 0.3) is 0 Å². The molecule has 0 aliphatic heterocycles. The van der Waals surface area contributed by atoms with Crippen molar-refractivity contribution in [1.82, 2.24) is 0 Å². The third-order valence-electron chi connectivity index (χ3n) is 7.20. The van der Waals surface area contributed by atoms with Crippen LogP contribution in [-0.2, 0) is 0 Å². The minimum atomic E-state index is -0.0249. The Balaban J connectivity index is 1.90. The molecule has 3 rings (SSSR count). The Labute approximate surface area is 143 Å². The van der Waals surface area contributed by atoms with E-state index in [1.807, 2.05) is 0 Å². The van der Waals surface area contributed by atoms with Crippen LogP contribution in [0.15, 0.2) is 24.3 Å². The van der Waals surface area contributed by atoms with Crippen molar-refractivity contribution in [1.29, 1.82) is 0 Å². The van der Waals surface area contributed by atoms with Crippen LogP contribution in [0.4, 0.5) is 0 Å². The Morgan fingerprint density at radius 3 is 1.78 bits per heavy atom. The number of rotatable bonds is 5. The van der Waals surface area contributed by atoms with Gasteiger partial charge in [-0.2, -0.15) is 0 Å². The summed E-state index contributed by atoms with van der Waals surface area (Å²) >= 11 is 0. The molecule has 3 aliphatic rings. The van der Waals surface area contributed by atoms with Gasteiger partial charge in [-0.25, -0.2) is 0 Å². The Hall–Kier alpha value is -0.560. The zero-order valence-electron chi connectivity index (χ0n) is 15.1. The lowest BCUT2D eigenvalue weighted by molar-refractivity contribution is -0.0509. The van der Waals surface area contributed by atoms with Gasteiger partial charge in [-0.05, 0) is 93.8 Å². The number of hydrogen-bond donors (Lipinski definition) is 1. The standard InChI is InChI=1S/C22H36O/c1-2-17-22(18-9-5-3-6-10-18,19-11-7-4-8-12-19)20-13-15-21(23)16-14-20/h3-5,7,18-21,23H,2,6,8-17H2,1H3. The maximum absolute atomic E-state index is 10.0. The van der Waals surface area contributed by atoms with Crippen LogP contribution in [0.2, 0.25) is 0 Å². The molecule has 1 nitrogen and oxygen atoms in total. The van der Waals surface area contributed by atoms with Crippen molar-refractivity contribution in [2.45, 2.75) is 90.1 Å². The second-order valence-corrected chi connectivity index (χ2v) is 8.33. The molecule has 0 aromatic rings. The van der Waals surface area contributed by atoms with Gasteiger partial charge in [-0.1, -0.05) is 37.6 Å². The number of hydrogen-bond acceptors (Lipinski definition) is 1. The lowest BCUT2D eigenvalue weighted by Gasteiger charge is -2.54. The molecule has 0 spiro atoms. The summed E-state index contributed by atoms with van der Waals surface area (Å²) in [6.45, 7) is 2.39. The highest BCUT2D eigenvalue weighted by molar-refractivity contribution is 5.06. The maximum atomic E-state index is 10.0. The molecule has 0 amide bonds. The Kier molecular flexibility index (Phi) is 6.01. The predicted octanol–water partition coefficient (Wildman–Crippen LogP) is 6.04. The van der Waals surface area contributed by atoms with Gasteiger partial charge in [0.05, 0.1) is 6.10 Å². The van der Waals surface area contributed by atoms with Crippen LogP contribution >= 0.6 is 0 Å². The van der Waals surface area contributed by atoms with Crippen LogP contribution in [0.25, 0.3) is 0 Å². The molecule has 1 saturated carbocycles. The third kappa shape index (κ3) is 3.60. The molecule has 130 valence electrons. The molecule has 2 atom stereocenters. The van der Waals surface area contributed by atoms with Gasteiger partial charge >= 0.3 is 0 Å². The quantitative estimate of drug-likeness (QED) is 0.613. The van der Waals surface area contributed by atoms with Crippen LogP contribution in [0.5, 0.6) is 0 Å². The van der Waals surface area contributed by atoms with Crippen LogP contribution in [0, 0.1) is 23.2 Å². The van der Waals surface area contributed by atoms with Gasteiger partial charge in [0.15, 0.2) is 0 Å². The molecule has 1 fully saturated rings. The average molecular weight is 317 g/mol. The summed E-state index contributed by atoms with van der Waals surface area (Å²) in [5.41, 5.74) is 0.532. The molecule has 1 heteroatoms. The highest BCUT2D eigenvalue weighted by atomic mass is 16.3. The zero-order valence-corrected chi connectivity index (χ0v) is 15.1. The number of allylic oxidation sites excluding steroid dienone is 4. The molecule has 0 radical (unpaired) electrons. The Morgan fingerprint density at radius 1 is 0.783 bits per heavy atom. The lowest BCUT2D eigenvalue weighted by atomic mass is 9.50. The van der Waals surface area contributed by atoms with Gasteiger partial charge in [0.2, 0.25) is 0 Å². The molecular weight excluding hydrogens is 280 g/mol. The molecule has 0 aromatic carbocycles. The normalized spacial score (nSPS) is 37.5. The van der Waals surface area contributed by atoms with E-state index in [9.17, 15) is 5.11 Å². The van der Waals surface area contributed by atoms with E-state index in [0.29, 0.717) is 5.41 Å². The van der Waals surface area contributed by atoms with Crippen molar-refractivity contribution < 1.29 is 5.11 Å². The second kappa shape index (κ2) is 8.01. The van der Waals surface area contributed by atoms with Crippen LogP contribution in [0.1, 0.15) is 84.0 Å². The highest BCUT2D eigenvalue weighted by Gasteiger charge is 2.49. The van der Waals surface area contributed by atoms with Crippen molar-refractivity contribution in [3.05, 3.63) is 24.3 Å². The molecular formula is C22H36O. The summed E-state index contributed by atoms with van der Waals surface area (Å²) in [6.07, 6.45) is 25.0. The molecule has 2 unspecified atom stereocenters. The summed E-state index contributed by atoms with van der Waals surface area (Å²) in [5, 5.41) is 10.0. The van der Waals surface area contributed by atoms with E-state index in [2.05, 4.69) is 31.2 Å². The van der Waals surface area contributed by atoms with E-state index in [4.69, 9.17) is 0 Å². The summed E-state index contributed by atoms with van der Waals surface area (Å²) in [5.74, 6) is 2.60. The van der Waals surface area contributed by atoms with Crippen molar-refractivity contribution in [3.8, 4) is 0 Å². The van der Waals surface area contributed by atoms with Gasteiger partial charge in [0.1, 0.15) is 0 Å². The van der Waals surface area contributed by atoms with E-state index in [1.54, 1.807) is 0 Å². The van der Waals surface area contributed by atoms with Crippen molar-refractivity contribution in [3.63, 3.8) is 0 Å². The Morgan fingerprint density at radius 2 is 1.35 bits per heavy atom. The topological polar surface area (TPSA) is 20.2 Å². The molecule has 0 aromatic heterocycles. The molecule has 1 N–H and O–H groups in total. The summed E-state index contributed by atoms with van der Waals surface area (Å²) in [7, 11) is 0. The minimum absolute atomic E-state index is 0.0249. The summed E-state index contributed by atoms with van der Waals surface area (Å²) < 4.78 is 0. The number of aliphatic hydroxyl groups is 1. The first-order chi connectivity index (χ1) is 11.3. The third-order valence-corrected chi connectivity index (χ3v) is 7.20. The van der Waals surface area contributed by atoms with Gasteiger partial charge in [-0.15, -0.1) is 0 Å². The minimum Gasteiger partial charge on any atom is -0.393 e. The van der Waals surface area contributed by atoms with Crippen LogP contribution < -0.4 is 0 Å². The van der Waals surface area contributed by atoms with Gasteiger partial charge in [0, 0.05) is 0 Å². The van der Waals surface area contributed by atoms with E-state index < -0.39 is 0 Å². The van der Waals surface area contributed by atoms with Crippen LogP contribution in [-0.4, -0.2) is 11.2 Å². The van der Waals surface area contributed by atoms with Crippen molar-refractivity contribution in [2.75, 3.05) is 0 Å².